The molecule has 5 rings (SSSR count). The SMILES string of the molecule is C=Cc1c(C)c2[nH]c1=CC1=NC(=CC3=C(CCC(=O)O)C(=CO)C(=N3)C=C3N=C(C=2)C([C@@H](O)CCCC(C)CCCC(C)CCCC(C)C)=C3C)C(CCC(=O)O)=C1C. The van der Waals surface area contributed by atoms with Crippen molar-refractivity contribution in [3.63, 3.8) is 0 Å². The minimum atomic E-state index is -0.992. The van der Waals surface area contributed by atoms with E-state index in [1.807, 2.05) is 32.9 Å². The minimum absolute atomic E-state index is 0.0939. The number of carbonyl (C=O) groups is 2. The molecule has 4 aliphatic rings. The van der Waals surface area contributed by atoms with Crippen LogP contribution in [0.5, 0.6) is 0 Å². The number of H-pyrrole nitrogens is 1. The number of aliphatic imine (C=N–C) groups is 3. The second-order valence-corrected chi connectivity index (χ2v) is 17.3. The van der Waals surface area contributed by atoms with Crippen LogP contribution < -0.4 is 10.7 Å². The number of aliphatic carboxylic acids is 2. The third kappa shape index (κ3) is 11.1. The molecule has 59 heavy (non-hydrogen) atoms. The van der Waals surface area contributed by atoms with Gasteiger partial charge in [-0.15, -0.1) is 0 Å². The van der Waals surface area contributed by atoms with Crippen molar-refractivity contribution in [2.24, 2.45) is 32.7 Å². The molecule has 316 valence electrons. The highest BCUT2D eigenvalue weighted by Gasteiger charge is 2.30. The van der Waals surface area contributed by atoms with Crippen LogP contribution in [0.3, 0.4) is 0 Å². The van der Waals surface area contributed by atoms with Crippen LogP contribution >= 0.6 is 0 Å². The average molecular weight is 805 g/mol. The summed E-state index contributed by atoms with van der Waals surface area (Å²) in [5.74, 6) is 0.162. The van der Waals surface area contributed by atoms with Crippen molar-refractivity contribution in [2.45, 2.75) is 138 Å². The standard InChI is InChI=1S/C49H64N4O6/c1-9-34-31(6)39-25-45-49(46(55)18-12-17-30(5)16-11-15-29(4)14-10-13-28(2)3)33(8)40(52-45)24-44-37(27-54)36(20-22-48(58)59)43(53-44)26-42-35(19-21-47(56)57)32(7)38(51-42)23-41(34)50-39/h9,23-30,46,50,54-55H,1,10-22H2,2-8H3,(H,56,57)(H,58,59)/t29?,30?,46-/m0/s1. The fraction of sp³-hybridized carbons (Fsp3) is 0.490. The van der Waals surface area contributed by atoms with Crippen LogP contribution in [0.4, 0.5) is 0 Å². The lowest BCUT2D eigenvalue weighted by atomic mass is 9.90. The van der Waals surface area contributed by atoms with Crippen molar-refractivity contribution >= 4 is 47.3 Å². The number of hydrogen-bond donors (Lipinski definition) is 5. The number of nitrogens with zero attached hydrogens (tertiary/aromatic N) is 3. The Bertz CT molecular complexity index is 2250. The van der Waals surface area contributed by atoms with E-state index in [1.54, 1.807) is 18.2 Å². The Morgan fingerprint density at radius 3 is 1.88 bits per heavy atom. The maximum absolute atomic E-state index is 11.9. The number of aliphatic hydroxyl groups is 2. The summed E-state index contributed by atoms with van der Waals surface area (Å²) < 4.78 is 0. The van der Waals surface area contributed by atoms with E-state index in [-0.39, 0.29) is 25.7 Å². The Balaban J connectivity index is 1.52. The molecular formula is C49H64N4O6. The molecule has 1 aromatic heterocycles. The van der Waals surface area contributed by atoms with Gasteiger partial charge in [-0.05, 0) is 110 Å². The van der Waals surface area contributed by atoms with Gasteiger partial charge in [-0.25, -0.2) is 15.0 Å². The molecule has 10 nitrogen and oxygen atoms in total. The summed E-state index contributed by atoms with van der Waals surface area (Å²) in [4.78, 5) is 42.0. The van der Waals surface area contributed by atoms with E-state index >= 15 is 0 Å². The molecular weight excluding hydrogens is 741 g/mol. The lowest BCUT2D eigenvalue weighted by Crippen LogP contribution is -2.20. The van der Waals surface area contributed by atoms with Crippen molar-refractivity contribution in [1.29, 1.82) is 0 Å². The zero-order valence-corrected chi connectivity index (χ0v) is 36.1. The lowest BCUT2D eigenvalue weighted by Gasteiger charge is -2.17. The number of allylic oxidation sites excluding steroid dienone is 7. The summed E-state index contributed by atoms with van der Waals surface area (Å²) in [6, 6.07) is 0. The Morgan fingerprint density at radius 2 is 1.29 bits per heavy atom. The Morgan fingerprint density at radius 1 is 0.712 bits per heavy atom. The molecule has 0 aliphatic carbocycles. The molecule has 4 aliphatic heterocycles. The number of hydrogen-bond acceptors (Lipinski definition) is 7. The van der Waals surface area contributed by atoms with Gasteiger partial charge < -0.3 is 25.4 Å². The van der Waals surface area contributed by atoms with Crippen LogP contribution in [0.2, 0.25) is 0 Å². The number of aromatic amines is 1. The van der Waals surface area contributed by atoms with Crippen LogP contribution in [0.15, 0.2) is 90.5 Å². The van der Waals surface area contributed by atoms with Crippen molar-refractivity contribution in [3.05, 3.63) is 97.3 Å². The van der Waals surface area contributed by atoms with Crippen LogP contribution in [0, 0.1) is 24.7 Å². The fourth-order valence-electron chi connectivity index (χ4n) is 8.62. The van der Waals surface area contributed by atoms with Gasteiger partial charge in [-0.2, -0.15) is 0 Å². The first kappa shape index (κ1) is 45.0. The van der Waals surface area contributed by atoms with Crippen molar-refractivity contribution in [2.75, 3.05) is 0 Å². The molecule has 1 aromatic rings. The molecule has 5 N–H and O–H groups in total. The van der Waals surface area contributed by atoms with E-state index in [9.17, 15) is 30.0 Å². The zero-order chi connectivity index (χ0) is 43.0. The largest absolute Gasteiger partial charge is 0.515 e. The van der Waals surface area contributed by atoms with E-state index in [2.05, 4.69) is 39.3 Å². The fourth-order valence-corrected chi connectivity index (χ4v) is 8.62. The van der Waals surface area contributed by atoms with Gasteiger partial charge in [0, 0.05) is 40.2 Å². The lowest BCUT2D eigenvalue weighted by molar-refractivity contribution is -0.137. The van der Waals surface area contributed by atoms with Crippen LogP contribution in [-0.2, 0) is 9.59 Å². The summed E-state index contributed by atoms with van der Waals surface area (Å²) in [6.07, 6.45) is 19.5. The van der Waals surface area contributed by atoms with Gasteiger partial charge in [0.05, 0.1) is 46.6 Å². The molecule has 0 amide bonds. The van der Waals surface area contributed by atoms with E-state index in [0.29, 0.717) is 57.7 Å². The van der Waals surface area contributed by atoms with Gasteiger partial charge in [-0.3, -0.25) is 9.59 Å². The number of carboxylic acids is 2. The molecule has 0 saturated carbocycles. The van der Waals surface area contributed by atoms with Crippen molar-refractivity contribution in [1.82, 2.24) is 4.98 Å². The summed E-state index contributed by atoms with van der Waals surface area (Å²) in [7, 11) is 0. The number of rotatable bonds is 20. The second kappa shape index (κ2) is 20.2. The summed E-state index contributed by atoms with van der Waals surface area (Å²) in [6.45, 7) is 19.3. The van der Waals surface area contributed by atoms with Gasteiger partial charge in [0.15, 0.2) is 0 Å². The highest BCUT2D eigenvalue weighted by molar-refractivity contribution is 6.25. The molecule has 0 fully saturated rings. The average Bonchev–Trinajstić information content (AvgIpc) is 3.85. The normalized spacial score (nSPS) is 18.7. The van der Waals surface area contributed by atoms with Gasteiger partial charge in [0.2, 0.25) is 0 Å². The summed E-state index contributed by atoms with van der Waals surface area (Å²) >= 11 is 0. The highest BCUT2D eigenvalue weighted by Crippen LogP contribution is 2.38. The topological polar surface area (TPSA) is 168 Å². The number of carboxylic acid groups (broad SMARTS) is 2. The maximum atomic E-state index is 11.9. The van der Waals surface area contributed by atoms with Gasteiger partial charge in [0.25, 0.3) is 0 Å². The van der Waals surface area contributed by atoms with E-state index in [1.165, 1.54) is 38.5 Å². The Hall–Kier alpha value is -5.09. The monoisotopic (exact) mass is 804 g/mol. The molecule has 5 heterocycles. The molecule has 0 aromatic carbocycles. The Labute approximate surface area is 349 Å². The maximum Gasteiger partial charge on any atom is 0.303 e. The smallest absolute Gasteiger partial charge is 0.303 e. The molecule has 8 bridgehead atoms. The van der Waals surface area contributed by atoms with Gasteiger partial charge >= 0.3 is 11.9 Å². The first-order valence-corrected chi connectivity index (χ1v) is 21.5. The van der Waals surface area contributed by atoms with Crippen LogP contribution in [-0.4, -0.2) is 60.6 Å². The molecule has 10 heteroatoms. The molecule has 2 unspecified atom stereocenters. The predicted molar refractivity (Wildman–Crippen MR) is 240 cm³/mol. The van der Waals surface area contributed by atoms with Crippen molar-refractivity contribution in [3.8, 4) is 0 Å². The predicted octanol–water partition coefficient (Wildman–Crippen LogP) is 9.53. The Kier molecular flexibility index (Phi) is 15.4. The highest BCUT2D eigenvalue weighted by atomic mass is 16.4. The number of fused-ring (bicyclic) bond motifs is 5. The quantitative estimate of drug-likeness (QED) is 0.0823. The zero-order valence-electron chi connectivity index (χ0n) is 36.1. The van der Waals surface area contributed by atoms with Gasteiger partial charge in [0.1, 0.15) is 0 Å². The minimum Gasteiger partial charge on any atom is -0.515 e. The molecule has 0 radical (unpaired) electrons. The third-order valence-electron chi connectivity index (χ3n) is 12.2. The number of aliphatic hydroxyl groups excluding tert-OH is 2. The molecule has 3 atom stereocenters. The number of aromatic nitrogens is 1. The third-order valence-corrected chi connectivity index (χ3v) is 12.2. The molecule has 0 saturated heterocycles. The van der Waals surface area contributed by atoms with Crippen molar-refractivity contribution < 1.29 is 30.0 Å². The van der Waals surface area contributed by atoms with E-state index in [0.717, 1.165) is 75.1 Å². The number of nitrogens with one attached hydrogen (secondary N) is 1. The van der Waals surface area contributed by atoms with E-state index in [4.69, 9.17) is 15.0 Å². The first-order chi connectivity index (χ1) is 28.1. The summed E-state index contributed by atoms with van der Waals surface area (Å²) in [5.41, 5.74) is 9.05. The summed E-state index contributed by atoms with van der Waals surface area (Å²) in [5, 5.41) is 43.3. The van der Waals surface area contributed by atoms with E-state index < -0.39 is 18.0 Å². The van der Waals surface area contributed by atoms with Crippen LogP contribution in [0.1, 0.15) is 136 Å². The first-order valence-electron chi connectivity index (χ1n) is 21.5. The second-order valence-electron chi connectivity index (χ2n) is 17.3. The van der Waals surface area contributed by atoms with Gasteiger partial charge in [-0.1, -0.05) is 91.7 Å². The molecule has 0 spiro atoms. The van der Waals surface area contributed by atoms with Crippen LogP contribution in [0.25, 0.3) is 18.2 Å².